The lowest BCUT2D eigenvalue weighted by atomic mass is 9.70. The van der Waals surface area contributed by atoms with Crippen LogP contribution in [0, 0.1) is 5.41 Å². The highest BCUT2D eigenvalue weighted by Gasteiger charge is 2.48. The summed E-state index contributed by atoms with van der Waals surface area (Å²) in [4.78, 5) is 0. The predicted molar refractivity (Wildman–Crippen MR) is 79.4 cm³/mol. The molecular formula is C17H21N3. The van der Waals surface area contributed by atoms with Crippen LogP contribution in [0.15, 0.2) is 42.7 Å². The zero-order chi connectivity index (χ0) is 13.4. The van der Waals surface area contributed by atoms with Gasteiger partial charge in [0.05, 0.1) is 12.7 Å². The first-order valence-corrected chi connectivity index (χ1v) is 7.65. The van der Waals surface area contributed by atoms with Crippen molar-refractivity contribution < 1.29 is 0 Å². The Bertz CT molecular complexity index is 581. The molecule has 1 N–H and O–H groups in total. The average Bonchev–Trinajstić information content (AvgIpc) is 3.10. The second kappa shape index (κ2) is 4.74. The van der Waals surface area contributed by atoms with Crippen LogP contribution in [0.3, 0.4) is 0 Å². The zero-order valence-electron chi connectivity index (χ0n) is 11.8. The fraction of sp³-hybridized carbons (Fsp3) is 0.471. The molecule has 1 aromatic carbocycles. The average molecular weight is 267 g/mol. The third kappa shape index (κ3) is 1.97. The number of aromatic nitrogens is 2. The van der Waals surface area contributed by atoms with Crippen molar-refractivity contribution >= 4 is 0 Å². The monoisotopic (exact) mass is 267 g/mol. The normalized spacial score (nSPS) is 23.9. The van der Waals surface area contributed by atoms with Gasteiger partial charge in [0.15, 0.2) is 0 Å². The molecule has 1 atom stereocenters. The first-order chi connectivity index (χ1) is 9.86. The van der Waals surface area contributed by atoms with Crippen molar-refractivity contribution in [3.8, 4) is 0 Å². The molecule has 2 aromatic rings. The summed E-state index contributed by atoms with van der Waals surface area (Å²) in [6, 6.07) is 11.1. The number of hydrogen-bond donors (Lipinski definition) is 1. The van der Waals surface area contributed by atoms with Crippen LogP contribution in [0.1, 0.15) is 42.9 Å². The Morgan fingerprint density at radius 3 is 2.70 bits per heavy atom. The molecule has 20 heavy (non-hydrogen) atoms. The van der Waals surface area contributed by atoms with E-state index in [1.807, 2.05) is 0 Å². The third-order valence-electron chi connectivity index (χ3n) is 5.04. The molecule has 3 heteroatoms. The van der Waals surface area contributed by atoms with Crippen molar-refractivity contribution in [1.29, 1.82) is 0 Å². The summed E-state index contributed by atoms with van der Waals surface area (Å²) in [6.45, 7) is 2.06. The smallest absolute Gasteiger partial charge is 0.0659 e. The van der Waals surface area contributed by atoms with Gasteiger partial charge in [-0.3, -0.25) is 4.68 Å². The topological polar surface area (TPSA) is 29.9 Å². The molecule has 2 heterocycles. The molecule has 1 aliphatic carbocycles. The van der Waals surface area contributed by atoms with Crippen LogP contribution >= 0.6 is 0 Å². The fourth-order valence-electron chi connectivity index (χ4n) is 3.89. The van der Waals surface area contributed by atoms with Crippen LogP contribution in [-0.2, 0) is 6.54 Å². The van der Waals surface area contributed by atoms with Crippen molar-refractivity contribution in [1.82, 2.24) is 15.1 Å². The first-order valence-electron chi connectivity index (χ1n) is 7.65. The van der Waals surface area contributed by atoms with Crippen LogP contribution in [0.25, 0.3) is 0 Å². The second-order valence-electron chi connectivity index (χ2n) is 6.34. The fourth-order valence-corrected chi connectivity index (χ4v) is 3.89. The highest BCUT2D eigenvalue weighted by Crippen LogP contribution is 2.52. The number of hydrogen-bond acceptors (Lipinski definition) is 2. The molecule has 104 valence electrons. The second-order valence-corrected chi connectivity index (χ2v) is 6.34. The van der Waals surface area contributed by atoms with Gasteiger partial charge in [-0.15, -0.1) is 0 Å². The molecule has 1 saturated heterocycles. The predicted octanol–water partition coefficient (Wildman–Crippen LogP) is 3.14. The quantitative estimate of drug-likeness (QED) is 0.926. The third-order valence-corrected chi connectivity index (χ3v) is 5.04. The molecule has 2 aliphatic rings. The summed E-state index contributed by atoms with van der Waals surface area (Å²) in [5.41, 5.74) is 3.22. The van der Waals surface area contributed by atoms with Gasteiger partial charge in [0.1, 0.15) is 0 Å². The van der Waals surface area contributed by atoms with Crippen molar-refractivity contribution in [3.63, 3.8) is 0 Å². The van der Waals surface area contributed by atoms with E-state index in [1.165, 1.54) is 43.4 Å². The summed E-state index contributed by atoms with van der Waals surface area (Å²) in [5, 5.41) is 8.16. The largest absolute Gasteiger partial charge is 0.309 e. The molecule has 3 nitrogen and oxygen atoms in total. The van der Waals surface area contributed by atoms with Crippen molar-refractivity contribution in [2.75, 3.05) is 6.54 Å². The summed E-state index contributed by atoms with van der Waals surface area (Å²) in [5.74, 6) is 0. The Kier molecular flexibility index (Phi) is 2.88. The number of rotatable bonds is 3. The van der Waals surface area contributed by atoms with Crippen molar-refractivity contribution in [2.45, 2.75) is 38.3 Å². The lowest BCUT2D eigenvalue weighted by Crippen LogP contribution is -2.54. The van der Waals surface area contributed by atoms with Crippen LogP contribution in [0.2, 0.25) is 0 Å². The Morgan fingerprint density at radius 1 is 1.20 bits per heavy atom. The van der Waals surface area contributed by atoms with Gasteiger partial charge < -0.3 is 5.32 Å². The van der Waals surface area contributed by atoms with Crippen molar-refractivity contribution in [2.24, 2.45) is 5.41 Å². The molecule has 1 spiro atoms. The maximum atomic E-state index is 4.55. The highest BCUT2D eigenvalue weighted by atomic mass is 15.3. The maximum Gasteiger partial charge on any atom is 0.0659 e. The van der Waals surface area contributed by atoms with E-state index in [0.717, 1.165) is 6.54 Å². The van der Waals surface area contributed by atoms with E-state index in [-0.39, 0.29) is 0 Å². The number of nitrogens with one attached hydrogen (secondary N) is 1. The van der Waals surface area contributed by atoms with E-state index in [9.17, 15) is 0 Å². The summed E-state index contributed by atoms with van der Waals surface area (Å²) in [6.07, 6.45) is 9.85. The molecule has 0 radical (unpaired) electrons. The lowest BCUT2D eigenvalue weighted by Gasteiger charge is -2.48. The minimum atomic E-state index is 0.537. The molecule has 0 bridgehead atoms. The summed E-state index contributed by atoms with van der Waals surface area (Å²) in [7, 11) is 0. The van der Waals surface area contributed by atoms with E-state index in [2.05, 4.69) is 57.8 Å². The first kappa shape index (κ1) is 12.2. The zero-order valence-corrected chi connectivity index (χ0v) is 11.8. The summed E-state index contributed by atoms with van der Waals surface area (Å²) >= 11 is 0. The van der Waals surface area contributed by atoms with E-state index < -0.39 is 0 Å². The van der Waals surface area contributed by atoms with Crippen molar-refractivity contribution in [3.05, 3.63) is 53.9 Å². The minimum absolute atomic E-state index is 0.537. The molecule has 4 rings (SSSR count). The van der Waals surface area contributed by atoms with Gasteiger partial charge in [0, 0.05) is 29.8 Å². The van der Waals surface area contributed by atoms with Gasteiger partial charge >= 0.3 is 0 Å². The number of benzene rings is 1. The van der Waals surface area contributed by atoms with Crippen LogP contribution < -0.4 is 5.32 Å². The van der Waals surface area contributed by atoms with E-state index >= 15 is 0 Å². The molecule has 1 unspecified atom stereocenters. The van der Waals surface area contributed by atoms with Crippen LogP contribution in [0.5, 0.6) is 0 Å². The Balaban J connectivity index is 1.51. The van der Waals surface area contributed by atoms with Crippen LogP contribution in [0.4, 0.5) is 0 Å². The molecule has 1 saturated carbocycles. The van der Waals surface area contributed by atoms with Gasteiger partial charge in [0.25, 0.3) is 0 Å². The molecule has 1 aliphatic heterocycles. The van der Waals surface area contributed by atoms with Gasteiger partial charge in [-0.1, -0.05) is 43.2 Å². The maximum absolute atomic E-state index is 4.55. The van der Waals surface area contributed by atoms with E-state index in [0.29, 0.717) is 11.5 Å². The standard InChI is InChI=1S/C17H21N3/c1-2-6-14(7-3-1)11-20-12-15(10-19-20)16-17(13-18-16)8-4-5-9-17/h1-3,6-7,10,12,16,18H,4-5,8-9,11,13H2. The molecule has 0 amide bonds. The lowest BCUT2D eigenvalue weighted by molar-refractivity contribution is 0.0894. The Morgan fingerprint density at radius 2 is 2.00 bits per heavy atom. The molecule has 2 fully saturated rings. The highest BCUT2D eigenvalue weighted by molar-refractivity contribution is 5.22. The van der Waals surface area contributed by atoms with Gasteiger partial charge in [-0.05, 0) is 18.4 Å². The van der Waals surface area contributed by atoms with E-state index in [4.69, 9.17) is 0 Å². The van der Waals surface area contributed by atoms with Crippen LogP contribution in [-0.4, -0.2) is 16.3 Å². The Labute approximate surface area is 120 Å². The Hall–Kier alpha value is -1.61. The van der Waals surface area contributed by atoms with Gasteiger partial charge in [-0.25, -0.2) is 0 Å². The van der Waals surface area contributed by atoms with E-state index in [1.54, 1.807) is 0 Å². The molecular weight excluding hydrogens is 246 g/mol. The minimum Gasteiger partial charge on any atom is -0.309 e. The summed E-state index contributed by atoms with van der Waals surface area (Å²) < 4.78 is 2.06. The SMILES string of the molecule is c1ccc(Cn2cc(C3NCC34CCCC4)cn2)cc1. The number of nitrogens with zero attached hydrogens (tertiary/aromatic N) is 2. The van der Waals surface area contributed by atoms with Gasteiger partial charge in [0.2, 0.25) is 0 Å². The molecule has 1 aromatic heterocycles. The van der Waals surface area contributed by atoms with Gasteiger partial charge in [-0.2, -0.15) is 5.10 Å².